The first kappa shape index (κ1) is 24.2. The zero-order valence-electron chi connectivity index (χ0n) is 20.8. The highest BCUT2D eigenvalue weighted by Gasteiger charge is 2.30. The summed E-state index contributed by atoms with van der Waals surface area (Å²) in [4.78, 5) is 30.2. The van der Waals surface area contributed by atoms with Crippen LogP contribution in [0.15, 0.2) is 72.8 Å². The molecule has 3 aromatic rings. The van der Waals surface area contributed by atoms with Gasteiger partial charge in [0.15, 0.2) is 0 Å². The molecule has 0 atom stereocenters. The molecule has 0 saturated heterocycles. The predicted octanol–water partition coefficient (Wildman–Crippen LogP) is 5.16. The van der Waals surface area contributed by atoms with Gasteiger partial charge in [0.1, 0.15) is 0 Å². The Labute approximate surface area is 207 Å². The van der Waals surface area contributed by atoms with E-state index < -0.39 is 0 Å². The Morgan fingerprint density at radius 3 is 2.31 bits per heavy atom. The molecule has 2 N–H and O–H groups in total. The van der Waals surface area contributed by atoms with Crippen LogP contribution in [0.4, 0.5) is 11.4 Å². The zero-order valence-corrected chi connectivity index (χ0v) is 20.8. The lowest BCUT2D eigenvalue weighted by molar-refractivity contribution is -0.110. The highest BCUT2D eigenvalue weighted by atomic mass is 16.2. The third-order valence-electron chi connectivity index (χ3n) is 6.07. The summed E-state index contributed by atoms with van der Waals surface area (Å²) in [5.41, 5.74) is 6.19. The fourth-order valence-electron chi connectivity index (χ4n) is 4.38. The van der Waals surface area contributed by atoms with E-state index >= 15 is 0 Å². The number of rotatable bonds is 8. The summed E-state index contributed by atoms with van der Waals surface area (Å²) < 4.78 is 0. The van der Waals surface area contributed by atoms with E-state index in [9.17, 15) is 9.59 Å². The standard InChI is InChI=1S/C29H32N4O2/c1-5-33(6-2)29(35)22-15-16-25-24(18-22)26(28(34)31-25)27(21-12-8-7-9-13-21)30-23-14-10-11-20(17-23)19-32(3)4/h7-18,30H,5-6,19H2,1-4H3,(H,31,34)/b27-26-. The molecule has 0 unspecified atom stereocenters. The van der Waals surface area contributed by atoms with Crippen LogP contribution in [0.3, 0.4) is 0 Å². The SMILES string of the molecule is CCN(CC)C(=O)c1ccc2c(c1)/C(=C(/Nc1cccc(CN(C)C)c1)c1ccccc1)C(=O)N2. The summed E-state index contributed by atoms with van der Waals surface area (Å²) in [6, 6.07) is 23.4. The minimum absolute atomic E-state index is 0.0397. The first-order valence-electron chi connectivity index (χ1n) is 12.0. The summed E-state index contributed by atoms with van der Waals surface area (Å²) in [6.45, 7) is 6.01. The number of anilines is 2. The number of carbonyl (C=O) groups excluding carboxylic acids is 2. The Kier molecular flexibility index (Phi) is 7.32. The molecular formula is C29H32N4O2. The molecule has 0 radical (unpaired) electrons. The second-order valence-electron chi connectivity index (χ2n) is 8.87. The van der Waals surface area contributed by atoms with Crippen molar-refractivity contribution in [2.75, 3.05) is 37.8 Å². The van der Waals surface area contributed by atoms with Gasteiger partial charge in [0.05, 0.1) is 11.3 Å². The quantitative estimate of drug-likeness (QED) is 0.448. The molecule has 0 fully saturated rings. The van der Waals surface area contributed by atoms with E-state index in [1.54, 1.807) is 11.0 Å². The third-order valence-corrected chi connectivity index (χ3v) is 6.07. The van der Waals surface area contributed by atoms with Crippen molar-refractivity contribution in [2.45, 2.75) is 20.4 Å². The van der Waals surface area contributed by atoms with Gasteiger partial charge in [0.2, 0.25) is 0 Å². The summed E-state index contributed by atoms with van der Waals surface area (Å²) in [5, 5.41) is 6.50. The van der Waals surface area contributed by atoms with Gasteiger partial charge >= 0.3 is 0 Å². The topological polar surface area (TPSA) is 64.7 Å². The number of hydrogen-bond acceptors (Lipinski definition) is 4. The average molecular weight is 469 g/mol. The molecule has 4 rings (SSSR count). The maximum absolute atomic E-state index is 13.3. The molecule has 0 aliphatic carbocycles. The lowest BCUT2D eigenvalue weighted by Crippen LogP contribution is -2.30. The van der Waals surface area contributed by atoms with Crippen molar-refractivity contribution in [3.05, 3.63) is 95.1 Å². The molecule has 2 amide bonds. The Bertz CT molecular complexity index is 1260. The van der Waals surface area contributed by atoms with E-state index in [-0.39, 0.29) is 11.8 Å². The number of nitrogens with zero attached hydrogens (tertiary/aromatic N) is 2. The van der Waals surface area contributed by atoms with E-state index in [1.807, 2.05) is 82.5 Å². The first-order chi connectivity index (χ1) is 16.9. The van der Waals surface area contributed by atoms with E-state index in [0.29, 0.717) is 35.6 Å². The fourth-order valence-corrected chi connectivity index (χ4v) is 4.38. The molecule has 180 valence electrons. The summed E-state index contributed by atoms with van der Waals surface area (Å²) in [7, 11) is 4.07. The Balaban J connectivity index is 1.83. The van der Waals surface area contributed by atoms with Crippen molar-refractivity contribution in [1.82, 2.24) is 9.80 Å². The van der Waals surface area contributed by atoms with Crippen LogP contribution in [0.25, 0.3) is 11.3 Å². The second-order valence-corrected chi connectivity index (χ2v) is 8.87. The highest BCUT2D eigenvalue weighted by molar-refractivity contribution is 6.37. The van der Waals surface area contributed by atoms with Crippen LogP contribution in [0.5, 0.6) is 0 Å². The molecule has 35 heavy (non-hydrogen) atoms. The number of fused-ring (bicyclic) bond motifs is 1. The third kappa shape index (κ3) is 5.28. The maximum Gasteiger partial charge on any atom is 0.258 e. The Morgan fingerprint density at radius 2 is 1.63 bits per heavy atom. The van der Waals surface area contributed by atoms with E-state index in [4.69, 9.17) is 0 Å². The maximum atomic E-state index is 13.3. The first-order valence-corrected chi connectivity index (χ1v) is 12.0. The van der Waals surface area contributed by atoms with E-state index in [2.05, 4.69) is 27.7 Å². The fraction of sp³-hybridized carbons (Fsp3) is 0.241. The van der Waals surface area contributed by atoms with Gasteiger partial charge < -0.3 is 20.4 Å². The second kappa shape index (κ2) is 10.6. The van der Waals surface area contributed by atoms with Crippen LogP contribution >= 0.6 is 0 Å². The van der Waals surface area contributed by atoms with Crippen LogP contribution in [0, 0.1) is 0 Å². The van der Waals surface area contributed by atoms with Crippen LogP contribution in [0.2, 0.25) is 0 Å². The van der Waals surface area contributed by atoms with Crippen LogP contribution in [-0.2, 0) is 11.3 Å². The van der Waals surface area contributed by atoms with Gasteiger partial charge in [-0.3, -0.25) is 9.59 Å². The number of amides is 2. The lowest BCUT2D eigenvalue weighted by atomic mass is 9.98. The van der Waals surface area contributed by atoms with Gasteiger partial charge in [-0.2, -0.15) is 0 Å². The number of hydrogen-bond donors (Lipinski definition) is 2. The molecule has 1 heterocycles. The summed E-state index contributed by atoms with van der Waals surface area (Å²) in [5.74, 6) is -0.231. The molecular weight excluding hydrogens is 436 g/mol. The van der Waals surface area contributed by atoms with Crippen molar-refractivity contribution in [1.29, 1.82) is 0 Å². The van der Waals surface area contributed by atoms with E-state index in [1.165, 1.54) is 5.56 Å². The molecule has 1 aliphatic rings. The van der Waals surface area contributed by atoms with Gasteiger partial charge in [0, 0.05) is 42.1 Å². The molecule has 3 aromatic carbocycles. The van der Waals surface area contributed by atoms with Gasteiger partial charge in [-0.1, -0.05) is 42.5 Å². The van der Waals surface area contributed by atoms with Crippen LogP contribution in [0.1, 0.15) is 40.9 Å². The monoisotopic (exact) mass is 468 g/mol. The smallest absolute Gasteiger partial charge is 0.258 e. The molecule has 0 saturated carbocycles. The Morgan fingerprint density at radius 1 is 0.886 bits per heavy atom. The van der Waals surface area contributed by atoms with Crippen molar-refractivity contribution >= 4 is 34.5 Å². The molecule has 0 spiro atoms. The van der Waals surface area contributed by atoms with Gasteiger partial charge in [-0.05, 0) is 69.4 Å². The minimum Gasteiger partial charge on any atom is -0.354 e. The van der Waals surface area contributed by atoms with Crippen LogP contribution < -0.4 is 10.6 Å². The van der Waals surface area contributed by atoms with Gasteiger partial charge in [0.25, 0.3) is 11.8 Å². The van der Waals surface area contributed by atoms with Crippen molar-refractivity contribution in [2.24, 2.45) is 0 Å². The average Bonchev–Trinajstić information content (AvgIpc) is 3.18. The minimum atomic E-state index is -0.191. The molecule has 6 nitrogen and oxygen atoms in total. The van der Waals surface area contributed by atoms with Crippen molar-refractivity contribution in [3.8, 4) is 0 Å². The molecule has 6 heteroatoms. The summed E-state index contributed by atoms with van der Waals surface area (Å²) >= 11 is 0. The Hall–Kier alpha value is -3.90. The summed E-state index contributed by atoms with van der Waals surface area (Å²) in [6.07, 6.45) is 0. The zero-order chi connectivity index (χ0) is 24.9. The van der Waals surface area contributed by atoms with Crippen LogP contribution in [-0.4, -0.2) is 48.8 Å². The number of carbonyl (C=O) groups is 2. The van der Waals surface area contributed by atoms with Crippen molar-refractivity contribution < 1.29 is 9.59 Å². The lowest BCUT2D eigenvalue weighted by Gasteiger charge is -2.19. The van der Waals surface area contributed by atoms with Gasteiger partial charge in [-0.25, -0.2) is 0 Å². The van der Waals surface area contributed by atoms with E-state index in [0.717, 1.165) is 23.4 Å². The normalized spacial score (nSPS) is 13.9. The van der Waals surface area contributed by atoms with Crippen molar-refractivity contribution in [3.63, 3.8) is 0 Å². The largest absolute Gasteiger partial charge is 0.354 e. The molecule has 0 aromatic heterocycles. The molecule has 1 aliphatic heterocycles. The highest BCUT2D eigenvalue weighted by Crippen LogP contribution is 2.38. The molecule has 0 bridgehead atoms. The predicted molar refractivity (Wildman–Crippen MR) is 143 cm³/mol. The van der Waals surface area contributed by atoms with Gasteiger partial charge in [-0.15, -0.1) is 0 Å². The number of nitrogens with one attached hydrogen (secondary N) is 2. The number of benzene rings is 3.